The largest absolute Gasteiger partial charge is 0.444 e. The second-order valence-electron chi connectivity index (χ2n) is 4.75. The van der Waals surface area contributed by atoms with Gasteiger partial charge >= 0.3 is 12.1 Å². The molecule has 0 radical (unpaired) electrons. The Hall–Kier alpha value is -1.30. The summed E-state index contributed by atoms with van der Waals surface area (Å²) >= 11 is 0. The molecule has 0 bridgehead atoms. The molecule has 0 saturated heterocycles. The first kappa shape index (κ1) is 15.7. The fourth-order valence-corrected chi connectivity index (χ4v) is 1.17. The lowest BCUT2D eigenvalue weighted by molar-refractivity contribution is -0.236. The van der Waals surface area contributed by atoms with E-state index in [1.54, 1.807) is 20.8 Å². The van der Waals surface area contributed by atoms with Crippen LogP contribution < -0.4 is 5.32 Å². The van der Waals surface area contributed by atoms with Crippen molar-refractivity contribution in [1.29, 1.82) is 0 Å². The first-order valence-electron chi connectivity index (χ1n) is 5.65. The van der Waals surface area contributed by atoms with E-state index in [0.29, 0.717) is 6.42 Å². The van der Waals surface area contributed by atoms with Crippen molar-refractivity contribution in [3.63, 3.8) is 0 Å². The first-order chi connectivity index (χ1) is 7.80. The van der Waals surface area contributed by atoms with Gasteiger partial charge in [0.1, 0.15) is 11.6 Å². The summed E-state index contributed by atoms with van der Waals surface area (Å²) in [6.45, 7) is 7.11. The molecule has 0 aliphatic rings. The van der Waals surface area contributed by atoms with Gasteiger partial charge in [0, 0.05) is 0 Å². The third kappa shape index (κ3) is 7.57. The van der Waals surface area contributed by atoms with E-state index in [-0.39, 0.29) is 0 Å². The molecule has 0 aromatic carbocycles. The number of carbonyl (C=O) groups is 2. The fraction of sp³-hybridized carbons (Fsp3) is 0.818. The number of unbranched alkanes of at least 4 members (excludes halogenated alkanes) is 1. The van der Waals surface area contributed by atoms with E-state index in [4.69, 9.17) is 9.99 Å². The minimum Gasteiger partial charge on any atom is -0.444 e. The molecule has 0 saturated carbocycles. The van der Waals surface area contributed by atoms with Crippen LogP contribution in [0, 0.1) is 0 Å². The highest BCUT2D eigenvalue weighted by Crippen LogP contribution is 2.08. The molecule has 1 atom stereocenters. The van der Waals surface area contributed by atoms with Crippen LogP contribution in [0.25, 0.3) is 0 Å². The van der Waals surface area contributed by atoms with Crippen LogP contribution >= 0.6 is 0 Å². The Morgan fingerprint density at radius 2 is 1.94 bits per heavy atom. The van der Waals surface area contributed by atoms with Gasteiger partial charge in [-0.1, -0.05) is 19.8 Å². The van der Waals surface area contributed by atoms with E-state index in [2.05, 4.69) is 10.2 Å². The van der Waals surface area contributed by atoms with Gasteiger partial charge in [0.15, 0.2) is 0 Å². The Bertz CT molecular complexity index is 259. The number of hydrogen-bond acceptors (Lipinski definition) is 5. The van der Waals surface area contributed by atoms with Crippen LogP contribution in [0.15, 0.2) is 0 Å². The Labute approximate surface area is 101 Å². The van der Waals surface area contributed by atoms with E-state index in [0.717, 1.165) is 12.8 Å². The van der Waals surface area contributed by atoms with E-state index in [1.807, 2.05) is 6.92 Å². The zero-order valence-corrected chi connectivity index (χ0v) is 10.8. The molecule has 0 fully saturated rings. The second kappa shape index (κ2) is 7.11. The van der Waals surface area contributed by atoms with E-state index < -0.39 is 23.7 Å². The molecule has 17 heavy (non-hydrogen) atoms. The predicted octanol–water partition coefficient (Wildman–Crippen LogP) is 2.09. The summed E-state index contributed by atoms with van der Waals surface area (Å²) in [6, 6.07) is -0.880. The summed E-state index contributed by atoms with van der Waals surface area (Å²) in [5, 5.41) is 10.7. The third-order valence-corrected chi connectivity index (χ3v) is 1.91. The molecule has 6 heteroatoms. The van der Waals surface area contributed by atoms with Gasteiger partial charge in [0.05, 0.1) is 0 Å². The average molecular weight is 247 g/mol. The molecule has 0 aliphatic heterocycles. The van der Waals surface area contributed by atoms with Gasteiger partial charge in [-0.05, 0) is 27.2 Å². The first-order valence-corrected chi connectivity index (χ1v) is 5.65. The maximum atomic E-state index is 11.4. The van der Waals surface area contributed by atoms with Gasteiger partial charge in [-0.2, -0.15) is 5.26 Å². The molecule has 1 amide bonds. The highest BCUT2D eigenvalue weighted by molar-refractivity contribution is 5.80. The minimum absolute atomic E-state index is 0.398. The summed E-state index contributed by atoms with van der Waals surface area (Å²) < 4.78 is 5.00. The Kier molecular flexibility index (Phi) is 6.57. The Morgan fingerprint density at radius 1 is 1.35 bits per heavy atom. The number of hydrogen-bond donors (Lipinski definition) is 2. The third-order valence-electron chi connectivity index (χ3n) is 1.91. The average Bonchev–Trinajstić information content (AvgIpc) is 2.20. The van der Waals surface area contributed by atoms with Crippen molar-refractivity contribution in [1.82, 2.24) is 5.32 Å². The quantitative estimate of drug-likeness (QED) is 0.574. The zero-order valence-electron chi connectivity index (χ0n) is 10.8. The molecule has 0 aromatic rings. The standard InChI is InChI=1S/C11H21NO5/c1-5-6-7-8(9(13)17-15)12-10(14)16-11(2,3)4/h8,15H,5-7H2,1-4H3,(H,12,14)/t8-/m0/s1. The Morgan fingerprint density at radius 3 is 2.35 bits per heavy atom. The van der Waals surface area contributed by atoms with Crippen LogP contribution in [0.2, 0.25) is 0 Å². The van der Waals surface area contributed by atoms with Gasteiger partial charge in [-0.15, -0.1) is 0 Å². The number of amides is 1. The number of nitrogens with one attached hydrogen (secondary N) is 1. The van der Waals surface area contributed by atoms with Crippen LogP contribution in [-0.4, -0.2) is 29.0 Å². The van der Waals surface area contributed by atoms with Crippen molar-refractivity contribution in [2.45, 2.75) is 58.6 Å². The van der Waals surface area contributed by atoms with Crippen LogP contribution in [0.5, 0.6) is 0 Å². The van der Waals surface area contributed by atoms with Gasteiger partial charge < -0.3 is 10.1 Å². The maximum Gasteiger partial charge on any atom is 0.408 e. The lowest BCUT2D eigenvalue weighted by atomic mass is 10.1. The summed E-state index contributed by atoms with van der Waals surface area (Å²) in [7, 11) is 0. The normalized spacial score (nSPS) is 12.8. The van der Waals surface area contributed by atoms with Crippen molar-refractivity contribution in [2.24, 2.45) is 0 Å². The molecular weight excluding hydrogens is 226 g/mol. The number of rotatable bonds is 5. The van der Waals surface area contributed by atoms with E-state index >= 15 is 0 Å². The summed E-state index contributed by atoms with van der Waals surface area (Å²) in [4.78, 5) is 26.2. The minimum atomic E-state index is -0.885. The van der Waals surface area contributed by atoms with E-state index in [1.165, 1.54) is 0 Å². The molecule has 0 unspecified atom stereocenters. The summed E-state index contributed by atoms with van der Waals surface area (Å²) in [6.07, 6.45) is 1.29. The lowest BCUT2D eigenvalue weighted by Gasteiger charge is -2.22. The van der Waals surface area contributed by atoms with Gasteiger partial charge in [-0.25, -0.2) is 9.59 Å². The van der Waals surface area contributed by atoms with Crippen molar-refractivity contribution >= 4 is 12.1 Å². The SMILES string of the molecule is CCCC[C@H](NC(=O)OC(C)(C)C)C(=O)OO. The number of alkyl carbamates (subject to hydrolysis) is 1. The number of ether oxygens (including phenoxy) is 1. The zero-order chi connectivity index (χ0) is 13.5. The van der Waals surface area contributed by atoms with Crippen molar-refractivity contribution < 1.29 is 24.5 Å². The topological polar surface area (TPSA) is 84.9 Å². The molecule has 6 nitrogen and oxygen atoms in total. The van der Waals surface area contributed by atoms with Gasteiger partial charge in [0.2, 0.25) is 0 Å². The molecule has 0 heterocycles. The van der Waals surface area contributed by atoms with E-state index in [9.17, 15) is 9.59 Å². The molecule has 0 rings (SSSR count). The van der Waals surface area contributed by atoms with Crippen molar-refractivity contribution in [3.8, 4) is 0 Å². The second-order valence-corrected chi connectivity index (χ2v) is 4.75. The van der Waals surface area contributed by atoms with Crippen LogP contribution in [0.3, 0.4) is 0 Å². The van der Waals surface area contributed by atoms with Crippen LogP contribution in [0.1, 0.15) is 47.0 Å². The highest BCUT2D eigenvalue weighted by Gasteiger charge is 2.25. The molecule has 0 aliphatic carbocycles. The van der Waals surface area contributed by atoms with Crippen LogP contribution in [0.4, 0.5) is 4.79 Å². The predicted molar refractivity (Wildman–Crippen MR) is 61.4 cm³/mol. The monoisotopic (exact) mass is 247 g/mol. The summed E-state index contributed by atoms with van der Waals surface area (Å²) in [5.74, 6) is -0.885. The fourth-order valence-electron chi connectivity index (χ4n) is 1.17. The highest BCUT2D eigenvalue weighted by atomic mass is 17.1. The molecule has 2 N–H and O–H groups in total. The van der Waals surface area contributed by atoms with Crippen molar-refractivity contribution in [2.75, 3.05) is 0 Å². The van der Waals surface area contributed by atoms with Crippen LogP contribution in [-0.2, 0) is 14.4 Å². The lowest BCUT2D eigenvalue weighted by Crippen LogP contribution is -2.44. The summed E-state index contributed by atoms with van der Waals surface area (Å²) in [5.41, 5.74) is -0.636. The Balaban J connectivity index is 4.32. The smallest absolute Gasteiger partial charge is 0.408 e. The van der Waals surface area contributed by atoms with Gasteiger partial charge in [-0.3, -0.25) is 4.89 Å². The molecule has 0 spiro atoms. The number of carbonyl (C=O) groups excluding carboxylic acids is 2. The molecule has 100 valence electrons. The van der Waals surface area contributed by atoms with Gasteiger partial charge in [0.25, 0.3) is 0 Å². The maximum absolute atomic E-state index is 11.4. The van der Waals surface area contributed by atoms with Crippen molar-refractivity contribution in [3.05, 3.63) is 0 Å². The molecule has 0 aromatic heterocycles. The molecular formula is C11H21NO5.